The van der Waals surface area contributed by atoms with E-state index in [1.807, 2.05) is 0 Å². The largest absolute Gasteiger partial charge is 0.716 e. The molecule has 0 amide bonds. The summed E-state index contributed by atoms with van der Waals surface area (Å²) in [5.74, 6) is 0. The van der Waals surface area contributed by atoms with Crippen LogP contribution in [0.2, 0.25) is 0 Å². The molecule has 0 aliphatic rings. The average Bonchev–Trinajstić information content (AvgIpc) is 1.67. The molecule has 0 aliphatic heterocycles. The minimum absolute atomic E-state index is 0.611. The van der Waals surface area contributed by atoms with Crippen molar-refractivity contribution in [3.63, 3.8) is 0 Å². The monoisotopic (exact) mass is 139 g/mol. The molecule has 0 saturated heterocycles. The number of hydrogen-bond donors (Lipinski definition) is 1. The van der Waals surface area contributed by atoms with Crippen LogP contribution in [0.15, 0.2) is 0 Å². The van der Waals surface area contributed by atoms with Crippen LogP contribution in [-0.4, -0.2) is 10.6 Å². The molecule has 0 saturated carbocycles. The summed E-state index contributed by atoms with van der Waals surface area (Å²) in [4.78, 5) is 8.42. The standard InChI is InChI=1S/C3H9O4P/c1-3(2)8(5,6)7-4/h3-4H,1-2H3,(H,5,6)/p-1. The van der Waals surface area contributed by atoms with Crippen molar-refractivity contribution < 1.29 is 19.4 Å². The fourth-order valence-electron chi connectivity index (χ4n) is 0.0861. The van der Waals surface area contributed by atoms with E-state index in [1.165, 1.54) is 13.8 Å². The quantitative estimate of drug-likeness (QED) is 0.328. The van der Waals surface area contributed by atoms with Gasteiger partial charge in [-0.2, -0.15) is 0 Å². The second-order valence-corrected chi connectivity index (χ2v) is 4.04. The smallest absolute Gasteiger partial charge is 0.321 e. The van der Waals surface area contributed by atoms with Gasteiger partial charge in [0.05, 0.1) is 5.66 Å². The minimum atomic E-state index is -3.80. The molecule has 0 bridgehead atoms. The Kier molecular flexibility index (Phi) is 2.63. The molecule has 1 unspecified atom stereocenters. The summed E-state index contributed by atoms with van der Waals surface area (Å²) in [5, 5.41) is 9.38. The van der Waals surface area contributed by atoms with Crippen LogP contribution in [0.3, 0.4) is 0 Å². The molecule has 0 aromatic carbocycles. The van der Waals surface area contributed by atoms with Crippen molar-refractivity contribution in [2.75, 3.05) is 0 Å². The van der Waals surface area contributed by atoms with Crippen molar-refractivity contribution >= 4 is 7.60 Å². The van der Waals surface area contributed by atoms with Gasteiger partial charge >= 0.3 is 7.60 Å². The highest BCUT2D eigenvalue weighted by molar-refractivity contribution is 7.53. The molecule has 5 heteroatoms. The van der Waals surface area contributed by atoms with Crippen LogP contribution in [0.25, 0.3) is 0 Å². The lowest BCUT2D eigenvalue weighted by Crippen LogP contribution is -2.08. The first-order chi connectivity index (χ1) is 3.50. The van der Waals surface area contributed by atoms with E-state index in [9.17, 15) is 9.82 Å². The predicted octanol–water partition coefficient (Wildman–Crippen LogP) is -0.128. The van der Waals surface area contributed by atoms with Crippen LogP contribution in [0, 0.1) is 0 Å². The van der Waals surface area contributed by atoms with Gasteiger partial charge in [-0.3, -0.25) is 4.57 Å². The van der Waals surface area contributed by atoms with Gasteiger partial charge in [-0.25, -0.2) is 0 Å². The summed E-state index contributed by atoms with van der Waals surface area (Å²) in [6.07, 6.45) is 0. The highest BCUT2D eigenvalue weighted by Gasteiger charge is 2.19. The molecule has 1 N–H and O–H groups in total. The zero-order valence-electron chi connectivity index (χ0n) is 4.70. The molecule has 0 rings (SSSR count). The minimum Gasteiger partial charge on any atom is -0.716 e. The van der Waals surface area contributed by atoms with Crippen molar-refractivity contribution in [2.45, 2.75) is 19.5 Å². The highest BCUT2D eigenvalue weighted by atomic mass is 31.2. The zero-order valence-corrected chi connectivity index (χ0v) is 5.59. The van der Waals surface area contributed by atoms with E-state index in [-0.39, 0.29) is 0 Å². The fourth-order valence-corrected chi connectivity index (χ4v) is 0.258. The van der Waals surface area contributed by atoms with E-state index >= 15 is 0 Å². The lowest BCUT2D eigenvalue weighted by atomic mass is 10.6. The molecule has 0 spiro atoms. The Balaban J connectivity index is 3.93. The van der Waals surface area contributed by atoms with E-state index in [2.05, 4.69) is 4.67 Å². The van der Waals surface area contributed by atoms with Gasteiger partial charge in [0.15, 0.2) is 0 Å². The fraction of sp³-hybridized carbons (Fsp3) is 1.00. The molecule has 0 heterocycles. The molecule has 0 aromatic heterocycles. The van der Waals surface area contributed by atoms with E-state index in [0.717, 1.165) is 0 Å². The maximum Gasteiger partial charge on any atom is 0.321 e. The van der Waals surface area contributed by atoms with Gasteiger partial charge in [-0.1, -0.05) is 13.8 Å². The predicted molar refractivity (Wildman–Crippen MR) is 26.0 cm³/mol. The molecular formula is C3H8O4P-. The van der Waals surface area contributed by atoms with Crippen LogP contribution >= 0.6 is 7.60 Å². The molecule has 50 valence electrons. The summed E-state index contributed by atoms with van der Waals surface area (Å²) >= 11 is 0. The Morgan fingerprint density at radius 1 is 1.75 bits per heavy atom. The molecule has 0 fully saturated rings. The summed E-state index contributed by atoms with van der Waals surface area (Å²) in [6, 6.07) is 0. The molecular weight excluding hydrogens is 131 g/mol. The topological polar surface area (TPSA) is 69.6 Å². The average molecular weight is 139 g/mol. The summed E-state index contributed by atoms with van der Waals surface area (Å²) < 4.78 is 13.4. The van der Waals surface area contributed by atoms with Gasteiger partial charge in [0.25, 0.3) is 0 Å². The molecule has 0 aliphatic carbocycles. The number of hydrogen-bond acceptors (Lipinski definition) is 3. The summed E-state index contributed by atoms with van der Waals surface area (Å²) in [5.41, 5.74) is -0.611. The molecule has 0 radical (unpaired) electrons. The first kappa shape index (κ1) is 8.11. The Labute approximate surface area is 47.6 Å². The summed E-state index contributed by atoms with van der Waals surface area (Å²) in [6.45, 7) is 2.89. The van der Waals surface area contributed by atoms with Gasteiger partial charge < -0.3 is 14.8 Å². The third kappa shape index (κ3) is 1.92. The Morgan fingerprint density at radius 2 is 2.12 bits per heavy atom. The van der Waals surface area contributed by atoms with Gasteiger partial charge in [0.2, 0.25) is 0 Å². The van der Waals surface area contributed by atoms with Crippen LogP contribution in [0.5, 0.6) is 0 Å². The first-order valence-electron chi connectivity index (χ1n) is 2.14. The highest BCUT2D eigenvalue weighted by Crippen LogP contribution is 2.44. The van der Waals surface area contributed by atoms with Crippen LogP contribution in [-0.2, 0) is 9.24 Å². The lowest BCUT2D eigenvalue weighted by Gasteiger charge is -2.17. The lowest BCUT2D eigenvalue weighted by molar-refractivity contribution is -0.640. The Hall–Kier alpha value is 0.110. The van der Waals surface area contributed by atoms with Crippen LogP contribution in [0.1, 0.15) is 13.8 Å². The number of rotatable bonds is 2. The van der Waals surface area contributed by atoms with Crippen LogP contribution in [0.4, 0.5) is 0 Å². The van der Waals surface area contributed by atoms with E-state index < -0.39 is 13.3 Å². The van der Waals surface area contributed by atoms with Gasteiger partial charge in [0.1, 0.15) is 0 Å². The van der Waals surface area contributed by atoms with E-state index in [4.69, 9.17) is 4.89 Å². The normalized spacial score (nSPS) is 18.6. The van der Waals surface area contributed by atoms with Crippen LogP contribution < -0.4 is 5.26 Å². The zero-order chi connectivity index (χ0) is 6.78. The van der Waals surface area contributed by atoms with Gasteiger partial charge in [-0.15, -0.1) is 0 Å². The molecule has 4 nitrogen and oxygen atoms in total. The van der Waals surface area contributed by atoms with Crippen molar-refractivity contribution in [3.05, 3.63) is 0 Å². The SMILES string of the molecule is CC(C)P(=O)(O)O[O-]. The maximum absolute atomic E-state index is 10.3. The van der Waals surface area contributed by atoms with Crippen molar-refractivity contribution in [1.82, 2.24) is 0 Å². The van der Waals surface area contributed by atoms with Crippen molar-refractivity contribution in [1.29, 1.82) is 0 Å². The Bertz CT molecular complexity index is 110. The Morgan fingerprint density at radius 3 is 2.12 bits per heavy atom. The second kappa shape index (κ2) is 2.60. The van der Waals surface area contributed by atoms with E-state index in [0.29, 0.717) is 0 Å². The second-order valence-electron chi connectivity index (χ2n) is 1.73. The molecule has 1 atom stereocenters. The van der Waals surface area contributed by atoms with Crippen molar-refractivity contribution in [2.24, 2.45) is 0 Å². The van der Waals surface area contributed by atoms with E-state index in [1.54, 1.807) is 0 Å². The summed E-state index contributed by atoms with van der Waals surface area (Å²) in [7, 11) is -3.80. The van der Waals surface area contributed by atoms with Gasteiger partial charge in [0, 0.05) is 0 Å². The third-order valence-electron chi connectivity index (χ3n) is 0.759. The molecule has 8 heavy (non-hydrogen) atoms. The molecule has 0 aromatic rings. The van der Waals surface area contributed by atoms with Crippen molar-refractivity contribution in [3.8, 4) is 0 Å². The third-order valence-corrected chi connectivity index (χ3v) is 2.28. The maximum atomic E-state index is 10.3. The van der Waals surface area contributed by atoms with Gasteiger partial charge in [-0.05, 0) is 0 Å². The first-order valence-corrected chi connectivity index (χ1v) is 3.79.